The van der Waals surface area contributed by atoms with Gasteiger partial charge in [0.1, 0.15) is 17.2 Å². The Bertz CT molecular complexity index is 1330. The molecule has 1 aromatic heterocycles. The Labute approximate surface area is 204 Å². The van der Waals surface area contributed by atoms with E-state index < -0.39 is 6.04 Å². The predicted molar refractivity (Wildman–Crippen MR) is 136 cm³/mol. The van der Waals surface area contributed by atoms with Gasteiger partial charge in [0.2, 0.25) is 0 Å². The normalized spacial score (nSPS) is 12.0. The van der Waals surface area contributed by atoms with E-state index in [4.69, 9.17) is 9.47 Å². The van der Waals surface area contributed by atoms with Crippen LogP contribution in [0.3, 0.4) is 0 Å². The average Bonchev–Trinajstić information content (AvgIpc) is 3.26. The summed E-state index contributed by atoms with van der Waals surface area (Å²) < 4.78 is 11.3. The van der Waals surface area contributed by atoms with Crippen molar-refractivity contribution in [3.63, 3.8) is 0 Å². The van der Waals surface area contributed by atoms with E-state index in [1.807, 2.05) is 50.4 Å². The fourth-order valence-corrected chi connectivity index (χ4v) is 4.14. The van der Waals surface area contributed by atoms with Gasteiger partial charge in [0.05, 0.1) is 31.4 Å². The van der Waals surface area contributed by atoms with Crippen molar-refractivity contribution in [3.05, 3.63) is 78.0 Å². The molecule has 7 nitrogen and oxygen atoms in total. The summed E-state index contributed by atoms with van der Waals surface area (Å²) in [6.07, 6.45) is 2.25. The predicted octanol–water partition coefficient (Wildman–Crippen LogP) is 4.67. The number of aliphatic hydroxyl groups is 1. The number of ether oxygens (including phenoxy) is 2. The van der Waals surface area contributed by atoms with E-state index in [0.717, 1.165) is 27.6 Å². The SMILES string of the molecule is COc1cc(O)ccc1-c1ccc(OC(C)C)c(C(=O)N[C@@H](CO)Cc2c[nH]c3ccccc23)c1. The molecule has 35 heavy (non-hydrogen) atoms. The molecule has 0 radical (unpaired) electrons. The highest BCUT2D eigenvalue weighted by molar-refractivity contribution is 5.98. The number of carbonyl (C=O) groups excluding carboxylic acids is 1. The molecule has 0 spiro atoms. The van der Waals surface area contributed by atoms with E-state index in [1.165, 1.54) is 13.2 Å². The Morgan fingerprint density at radius 1 is 1.06 bits per heavy atom. The molecule has 0 unspecified atom stereocenters. The van der Waals surface area contributed by atoms with Crippen molar-refractivity contribution >= 4 is 16.8 Å². The number of fused-ring (bicyclic) bond motifs is 1. The van der Waals surface area contributed by atoms with Crippen molar-refractivity contribution in [2.45, 2.75) is 32.4 Å². The number of para-hydroxylation sites is 1. The molecule has 0 bridgehead atoms. The largest absolute Gasteiger partial charge is 0.508 e. The number of hydrogen-bond donors (Lipinski definition) is 4. The Kier molecular flexibility index (Phi) is 7.27. The Morgan fingerprint density at radius 2 is 1.86 bits per heavy atom. The first-order chi connectivity index (χ1) is 16.9. The molecule has 0 aliphatic rings. The second kappa shape index (κ2) is 10.5. The van der Waals surface area contributed by atoms with Gasteiger partial charge in [-0.05, 0) is 61.7 Å². The minimum Gasteiger partial charge on any atom is -0.508 e. The number of aliphatic hydroxyl groups excluding tert-OH is 1. The van der Waals surface area contributed by atoms with E-state index in [-0.39, 0.29) is 24.4 Å². The van der Waals surface area contributed by atoms with Gasteiger partial charge in [-0.1, -0.05) is 24.3 Å². The molecule has 1 amide bonds. The van der Waals surface area contributed by atoms with E-state index in [2.05, 4.69) is 10.3 Å². The van der Waals surface area contributed by atoms with Gasteiger partial charge in [0.15, 0.2) is 0 Å². The van der Waals surface area contributed by atoms with Gasteiger partial charge in [-0.25, -0.2) is 0 Å². The summed E-state index contributed by atoms with van der Waals surface area (Å²) in [5, 5.41) is 23.9. The van der Waals surface area contributed by atoms with Crippen molar-refractivity contribution < 1.29 is 24.5 Å². The fraction of sp³-hybridized carbons (Fsp3) is 0.250. The van der Waals surface area contributed by atoms with Gasteiger partial charge in [0.25, 0.3) is 5.91 Å². The number of rotatable bonds is 9. The molecule has 4 rings (SSSR count). The third kappa shape index (κ3) is 5.41. The zero-order valence-corrected chi connectivity index (χ0v) is 20.0. The number of nitrogens with one attached hydrogen (secondary N) is 2. The molecule has 182 valence electrons. The summed E-state index contributed by atoms with van der Waals surface area (Å²) in [5.74, 6) is 0.676. The number of hydrogen-bond acceptors (Lipinski definition) is 5. The number of methoxy groups -OCH3 is 1. The minimum absolute atomic E-state index is 0.0893. The maximum atomic E-state index is 13.4. The van der Waals surface area contributed by atoms with Crippen LogP contribution in [-0.2, 0) is 6.42 Å². The van der Waals surface area contributed by atoms with Crippen molar-refractivity contribution in [3.8, 4) is 28.4 Å². The highest BCUT2D eigenvalue weighted by Gasteiger charge is 2.21. The maximum Gasteiger partial charge on any atom is 0.255 e. The molecule has 0 saturated carbocycles. The summed E-state index contributed by atoms with van der Waals surface area (Å²) in [6.45, 7) is 3.58. The number of aromatic nitrogens is 1. The first-order valence-corrected chi connectivity index (χ1v) is 11.5. The van der Waals surface area contributed by atoms with E-state index >= 15 is 0 Å². The van der Waals surface area contributed by atoms with Gasteiger partial charge in [-0.15, -0.1) is 0 Å². The first-order valence-electron chi connectivity index (χ1n) is 11.5. The summed E-state index contributed by atoms with van der Waals surface area (Å²) in [5.41, 5.74) is 3.84. The summed E-state index contributed by atoms with van der Waals surface area (Å²) in [6, 6.07) is 17.6. The van der Waals surface area contributed by atoms with Crippen LogP contribution in [0.15, 0.2) is 66.9 Å². The smallest absolute Gasteiger partial charge is 0.255 e. The Balaban J connectivity index is 1.64. The number of benzene rings is 3. The molecule has 0 aliphatic heterocycles. The molecule has 1 heterocycles. The third-order valence-electron chi connectivity index (χ3n) is 5.78. The molecule has 3 aromatic carbocycles. The van der Waals surface area contributed by atoms with Crippen LogP contribution in [0.5, 0.6) is 17.2 Å². The van der Waals surface area contributed by atoms with Crippen molar-refractivity contribution in [1.82, 2.24) is 10.3 Å². The fourth-order valence-electron chi connectivity index (χ4n) is 4.14. The van der Waals surface area contributed by atoms with Crippen LogP contribution in [0.1, 0.15) is 29.8 Å². The van der Waals surface area contributed by atoms with Crippen LogP contribution in [-0.4, -0.2) is 47.0 Å². The highest BCUT2D eigenvalue weighted by Crippen LogP contribution is 2.35. The maximum absolute atomic E-state index is 13.4. The van der Waals surface area contributed by atoms with Crippen LogP contribution in [0, 0.1) is 0 Å². The van der Waals surface area contributed by atoms with E-state index in [1.54, 1.807) is 24.3 Å². The standard InChI is InChI=1S/C28H30N2O5/c1-17(2)35-26-11-8-18(23-10-9-21(32)14-27(23)34-3)13-24(26)28(33)30-20(16-31)12-19-15-29-25-7-5-4-6-22(19)25/h4-11,13-15,17,20,29,31-32H,12,16H2,1-3H3,(H,30,33)/t20-/m1/s1. The van der Waals surface area contributed by atoms with E-state index in [0.29, 0.717) is 23.5 Å². The third-order valence-corrected chi connectivity index (χ3v) is 5.78. The topological polar surface area (TPSA) is 104 Å². The molecule has 0 fully saturated rings. The van der Waals surface area contributed by atoms with Gasteiger partial charge in [-0.2, -0.15) is 0 Å². The lowest BCUT2D eigenvalue weighted by atomic mass is 10.00. The zero-order valence-electron chi connectivity index (χ0n) is 20.0. The number of amides is 1. The second-order valence-corrected chi connectivity index (χ2v) is 8.68. The summed E-state index contributed by atoms with van der Waals surface area (Å²) >= 11 is 0. The molecule has 0 aliphatic carbocycles. The van der Waals surface area contributed by atoms with Gasteiger partial charge >= 0.3 is 0 Å². The van der Waals surface area contributed by atoms with Crippen molar-refractivity contribution in [2.24, 2.45) is 0 Å². The van der Waals surface area contributed by atoms with Gasteiger partial charge in [-0.3, -0.25) is 4.79 Å². The van der Waals surface area contributed by atoms with Gasteiger partial charge < -0.3 is 30.0 Å². The highest BCUT2D eigenvalue weighted by atomic mass is 16.5. The van der Waals surface area contributed by atoms with Crippen LogP contribution in [0.2, 0.25) is 0 Å². The van der Waals surface area contributed by atoms with Crippen LogP contribution in [0.4, 0.5) is 0 Å². The minimum atomic E-state index is -0.486. The summed E-state index contributed by atoms with van der Waals surface area (Å²) in [4.78, 5) is 16.6. The van der Waals surface area contributed by atoms with Gasteiger partial charge in [0, 0.05) is 28.7 Å². The molecule has 7 heteroatoms. The zero-order chi connectivity index (χ0) is 24.9. The number of carbonyl (C=O) groups is 1. The molecular formula is C28H30N2O5. The summed E-state index contributed by atoms with van der Waals surface area (Å²) in [7, 11) is 1.53. The number of phenols is 1. The lowest BCUT2D eigenvalue weighted by molar-refractivity contribution is 0.0910. The van der Waals surface area contributed by atoms with Crippen molar-refractivity contribution in [1.29, 1.82) is 0 Å². The Hall–Kier alpha value is -3.97. The number of aromatic hydroxyl groups is 1. The molecule has 4 aromatic rings. The molecular weight excluding hydrogens is 444 g/mol. The second-order valence-electron chi connectivity index (χ2n) is 8.68. The molecule has 4 N–H and O–H groups in total. The number of H-pyrrole nitrogens is 1. The van der Waals surface area contributed by atoms with E-state index in [9.17, 15) is 15.0 Å². The number of phenolic OH excluding ortho intramolecular Hbond substituents is 1. The number of aromatic amines is 1. The first kappa shape index (κ1) is 24.2. The van der Waals surface area contributed by atoms with Crippen LogP contribution >= 0.6 is 0 Å². The lowest BCUT2D eigenvalue weighted by Gasteiger charge is -2.20. The average molecular weight is 475 g/mol. The van der Waals surface area contributed by atoms with Crippen molar-refractivity contribution in [2.75, 3.05) is 13.7 Å². The monoisotopic (exact) mass is 474 g/mol. The van der Waals surface area contributed by atoms with Crippen LogP contribution < -0.4 is 14.8 Å². The lowest BCUT2D eigenvalue weighted by Crippen LogP contribution is -2.39. The molecule has 0 saturated heterocycles. The molecule has 1 atom stereocenters. The quantitative estimate of drug-likeness (QED) is 0.282. The van der Waals surface area contributed by atoms with Crippen LogP contribution in [0.25, 0.3) is 22.0 Å². The Morgan fingerprint density at radius 3 is 2.60 bits per heavy atom.